The van der Waals surface area contributed by atoms with Gasteiger partial charge in [-0.2, -0.15) is 0 Å². The van der Waals surface area contributed by atoms with Gasteiger partial charge in [0, 0.05) is 42.7 Å². The number of fused-ring (bicyclic) bond motifs is 3. The Morgan fingerprint density at radius 2 is 2.14 bits per heavy atom. The second-order valence-corrected chi connectivity index (χ2v) is 9.63. The van der Waals surface area contributed by atoms with E-state index in [-0.39, 0.29) is 5.56 Å². The third-order valence-electron chi connectivity index (χ3n) is 5.60. The standard InChI is InChI=1S/C21H24N4O2S2/c26-20-18-16-4-1-5-17(16)29-19(18)23-21(25(20)14-15-3-2-6-22-13-15)28-12-9-24-7-10-27-11-8-24/h2-3,6,13H,1,4-5,7-12,14H2. The van der Waals surface area contributed by atoms with Crippen molar-refractivity contribution in [3.8, 4) is 0 Å². The molecule has 3 aromatic rings. The molecular formula is C21H24N4O2S2. The highest BCUT2D eigenvalue weighted by Gasteiger charge is 2.23. The summed E-state index contributed by atoms with van der Waals surface area (Å²) < 4.78 is 7.29. The van der Waals surface area contributed by atoms with Gasteiger partial charge in [-0.25, -0.2) is 4.98 Å². The molecule has 1 aliphatic carbocycles. The summed E-state index contributed by atoms with van der Waals surface area (Å²) >= 11 is 3.40. The van der Waals surface area contributed by atoms with Crippen LogP contribution in [0, 0.1) is 0 Å². The molecule has 1 aliphatic heterocycles. The summed E-state index contributed by atoms with van der Waals surface area (Å²) in [4.78, 5) is 27.4. The minimum Gasteiger partial charge on any atom is -0.379 e. The first-order valence-electron chi connectivity index (χ1n) is 10.2. The predicted octanol–water partition coefficient (Wildman–Crippen LogP) is 2.81. The van der Waals surface area contributed by atoms with Crippen LogP contribution in [0.25, 0.3) is 10.2 Å². The van der Waals surface area contributed by atoms with E-state index >= 15 is 0 Å². The molecule has 29 heavy (non-hydrogen) atoms. The van der Waals surface area contributed by atoms with Crippen LogP contribution in [0.15, 0.2) is 34.5 Å². The van der Waals surface area contributed by atoms with E-state index in [2.05, 4.69) is 9.88 Å². The van der Waals surface area contributed by atoms with E-state index in [0.29, 0.717) is 6.54 Å². The average molecular weight is 429 g/mol. The minimum atomic E-state index is 0.104. The summed E-state index contributed by atoms with van der Waals surface area (Å²) in [5.74, 6) is 0.913. The predicted molar refractivity (Wildman–Crippen MR) is 117 cm³/mol. The zero-order valence-electron chi connectivity index (χ0n) is 16.3. The largest absolute Gasteiger partial charge is 0.379 e. The molecule has 0 atom stereocenters. The normalized spacial score (nSPS) is 17.1. The van der Waals surface area contributed by atoms with Gasteiger partial charge in [0.05, 0.1) is 25.1 Å². The first kappa shape index (κ1) is 19.2. The Balaban J connectivity index is 1.47. The van der Waals surface area contributed by atoms with Crippen LogP contribution in [0.5, 0.6) is 0 Å². The van der Waals surface area contributed by atoms with Crippen molar-refractivity contribution in [3.05, 3.63) is 50.9 Å². The van der Waals surface area contributed by atoms with Crippen molar-refractivity contribution in [2.45, 2.75) is 31.0 Å². The SMILES string of the molecule is O=c1c2c3c(sc2nc(SCCN2CCOCC2)n1Cc1cccnc1)CCC3. The van der Waals surface area contributed by atoms with Gasteiger partial charge >= 0.3 is 0 Å². The highest BCUT2D eigenvalue weighted by Crippen LogP contribution is 2.35. The summed E-state index contributed by atoms with van der Waals surface area (Å²) in [6.45, 7) is 5.07. The molecule has 0 saturated carbocycles. The first-order valence-corrected chi connectivity index (χ1v) is 12.0. The molecule has 8 heteroatoms. The van der Waals surface area contributed by atoms with Crippen molar-refractivity contribution in [1.82, 2.24) is 19.4 Å². The van der Waals surface area contributed by atoms with Gasteiger partial charge in [-0.1, -0.05) is 17.8 Å². The van der Waals surface area contributed by atoms with Crippen LogP contribution in [0.2, 0.25) is 0 Å². The Morgan fingerprint density at radius 1 is 1.24 bits per heavy atom. The fourth-order valence-corrected chi connectivity index (χ4v) is 6.37. The fraction of sp³-hybridized carbons (Fsp3) is 0.476. The third-order valence-corrected chi connectivity index (χ3v) is 7.74. The van der Waals surface area contributed by atoms with Gasteiger partial charge in [-0.15, -0.1) is 11.3 Å². The fourth-order valence-electron chi connectivity index (χ4n) is 4.07. The number of pyridine rings is 1. The smallest absolute Gasteiger partial charge is 0.263 e. The summed E-state index contributed by atoms with van der Waals surface area (Å²) in [7, 11) is 0. The molecule has 1 saturated heterocycles. The molecule has 3 aromatic heterocycles. The molecule has 0 N–H and O–H groups in total. The van der Waals surface area contributed by atoms with E-state index in [1.54, 1.807) is 29.3 Å². The summed E-state index contributed by atoms with van der Waals surface area (Å²) in [6, 6.07) is 3.93. The van der Waals surface area contributed by atoms with Crippen LogP contribution in [-0.4, -0.2) is 58.0 Å². The van der Waals surface area contributed by atoms with Crippen LogP contribution in [-0.2, 0) is 24.1 Å². The average Bonchev–Trinajstić information content (AvgIpc) is 3.33. The summed E-state index contributed by atoms with van der Waals surface area (Å²) in [5.41, 5.74) is 2.37. The summed E-state index contributed by atoms with van der Waals surface area (Å²) in [5, 5.41) is 1.67. The van der Waals surface area contributed by atoms with Gasteiger partial charge in [0.1, 0.15) is 4.83 Å². The molecule has 5 rings (SSSR count). The van der Waals surface area contributed by atoms with E-state index in [1.807, 2.05) is 22.9 Å². The van der Waals surface area contributed by atoms with Gasteiger partial charge in [0.2, 0.25) is 0 Å². The van der Waals surface area contributed by atoms with Gasteiger partial charge in [0.15, 0.2) is 5.16 Å². The molecule has 1 fully saturated rings. The number of aryl methyl sites for hydroxylation is 2. The lowest BCUT2D eigenvalue weighted by Gasteiger charge is -2.26. The van der Waals surface area contributed by atoms with Crippen LogP contribution >= 0.6 is 23.1 Å². The molecule has 0 bridgehead atoms. The number of hydrogen-bond donors (Lipinski definition) is 0. The number of morpholine rings is 1. The number of rotatable bonds is 6. The third kappa shape index (κ3) is 3.99. The second-order valence-electron chi connectivity index (χ2n) is 7.49. The van der Waals surface area contributed by atoms with E-state index in [0.717, 1.165) is 78.8 Å². The highest BCUT2D eigenvalue weighted by atomic mass is 32.2. The molecule has 0 unspecified atom stereocenters. The second kappa shape index (κ2) is 8.55. The van der Waals surface area contributed by atoms with Crippen LogP contribution < -0.4 is 5.56 Å². The lowest BCUT2D eigenvalue weighted by molar-refractivity contribution is 0.0410. The van der Waals surface area contributed by atoms with Crippen molar-refractivity contribution >= 4 is 33.3 Å². The van der Waals surface area contributed by atoms with Crippen molar-refractivity contribution < 1.29 is 4.74 Å². The molecule has 4 heterocycles. The molecule has 152 valence electrons. The van der Waals surface area contributed by atoms with Gasteiger partial charge in [-0.05, 0) is 36.5 Å². The van der Waals surface area contributed by atoms with Gasteiger partial charge in [0.25, 0.3) is 5.56 Å². The molecule has 0 spiro atoms. The molecule has 0 amide bonds. The maximum Gasteiger partial charge on any atom is 0.263 e. The maximum atomic E-state index is 13.5. The zero-order chi connectivity index (χ0) is 19.6. The molecule has 6 nitrogen and oxygen atoms in total. The first-order chi connectivity index (χ1) is 14.3. The molecule has 0 aromatic carbocycles. The Bertz CT molecular complexity index is 1060. The van der Waals surface area contributed by atoms with Crippen molar-refractivity contribution in [2.24, 2.45) is 0 Å². The quantitative estimate of drug-likeness (QED) is 0.445. The topological polar surface area (TPSA) is 60.3 Å². The Morgan fingerprint density at radius 3 is 2.97 bits per heavy atom. The van der Waals surface area contributed by atoms with Crippen molar-refractivity contribution in [3.63, 3.8) is 0 Å². The van der Waals surface area contributed by atoms with E-state index < -0.39 is 0 Å². The number of nitrogens with zero attached hydrogens (tertiary/aromatic N) is 4. The van der Waals surface area contributed by atoms with Gasteiger partial charge in [-0.3, -0.25) is 19.2 Å². The molecule has 2 aliphatic rings. The maximum absolute atomic E-state index is 13.5. The Kier molecular flexibility index (Phi) is 5.67. The number of thiophene rings is 1. The van der Waals surface area contributed by atoms with E-state index in [4.69, 9.17) is 9.72 Å². The van der Waals surface area contributed by atoms with Gasteiger partial charge < -0.3 is 4.74 Å². The Labute approximate surface area is 177 Å². The number of aromatic nitrogens is 3. The van der Waals surface area contributed by atoms with Crippen LogP contribution in [0.1, 0.15) is 22.4 Å². The van der Waals surface area contributed by atoms with E-state index in [9.17, 15) is 4.79 Å². The highest BCUT2D eigenvalue weighted by molar-refractivity contribution is 7.99. The van der Waals surface area contributed by atoms with Crippen LogP contribution in [0.3, 0.4) is 0 Å². The molecule has 0 radical (unpaired) electrons. The number of thioether (sulfide) groups is 1. The lowest BCUT2D eigenvalue weighted by Crippen LogP contribution is -2.37. The Hall–Kier alpha value is -1.74. The number of ether oxygens (including phenoxy) is 1. The van der Waals surface area contributed by atoms with Crippen LogP contribution in [0.4, 0.5) is 0 Å². The monoisotopic (exact) mass is 428 g/mol. The zero-order valence-corrected chi connectivity index (χ0v) is 17.9. The minimum absolute atomic E-state index is 0.104. The lowest BCUT2D eigenvalue weighted by atomic mass is 10.2. The molecular weight excluding hydrogens is 404 g/mol. The van der Waals surface area contributed by atoms with Crippen molar-refractivity contribution in [2.75, 3.05) is 38.6 Å². The van der Waals surface area contributed by atoms with E-state index in [1.165, 1.54) is 10.4 Å². The van der Waals surface area contributed by atoms with Crippen molar-refractivity contribution in [1.29, 1.82) is 0 Å². The number of hydrogen-bond acceptors (Lipinski definition) is 7. The summed E-state index contributed by atoms with van der Waals surface area (Å²) in [6.07, 6.45) is 6.82.